The zero-order valence-corrected chi connectivity index (χ0v) is 11.6. The highest BCUT2D eigenvalue weighted by Crippen LogP contribution is 2.17. The van der Waals surface area contributed by atoms with E-state index in [0.717, 1.165) is 0 Å². The minimum atomic E-state index is -0.597. The number of carbonyl (C=O) groups is 2. The first-order valence-electron chi connectivity index (χ1n) is 6.17. The summed E-state index contributed by atoms with van der Waals surface area (Å²) in [4.78, 5) is 23.4. The fourth-order valence-electron chi connectivity index (χ4n) is 1.40. The van der Waals surface area contributed by atoms with Crippen LogP contribution in [0.4, 0.5) is 10.5 Å². The van der Waals surface area contributed by atoms with E-state index in [9.17, 15) is 9.59 Å². The van der Waals surface area contributed by atoms with Crippen LogP contribution in [-0.2, 0) is 9.47 Å². The van der Waals surface area contributed by atoms with Gasteiger partial charge in [0.05, 0.1) is 23.5 Å². The molecule has 0 bridgehead atoms. The summed E-state index contributed by atoms with van der Waals surface area (Å²) in [6.45, 7) is 7.03. The van der Waals surface area contributed by atoms with Gasteiger partial charge >= 0.3 is 12.1 Å². The summed E-state index contributed by atoms with van der Waals surface area (Å²) in [5.41, 5.74) is 0.677. The molecule has 5 nitrogen and oxygen atoms in total. The van der Waals surface area contributed by atoms with Crippen LogP contribution in [0.15, 0.2) is 24.3 Å². The molecule has 0 heterocycles. The second kappa shape index (κ2) is 6.78. The summed E-state index contributed by atoms with van der Waals surface area (Å²) in [7, 11) is 0. The van der Waals surface area contributed by atoms with Crippen LogP contribution in [0.1, 0.15) is 38.1 Å². The fraction of sp³-hybridized carbons (Fsp3) is 0.429. The van der Waals surface area contributed by atoms with Gasteiger partial charge in [-0.1, -0.05) is 12.1 Å². The molecule has 0 aliphatic heterocycles. The second-order valence-electron chi connectivity index (χ2n) is 4.58. The van der Waals surface area contributed by atoms with Crippen molar-refractivity contribution in [2.75, 3.05) is 5.32 Å². The smallest absolute Gasteiger partial charge is 0.411 e. The first-order valence-corrected chi connectivity index (χ1v) is 6.17. The molecule has 0 saturated heterocycles. The van der Waals surface area contributed by atoms with Crippen molar-refractivity contribution in [1.82, 2.24) is 0 Å². The molecule has 0 aliphatic carbocycles. The number of esters is 1. The van der Waals surface area contributed by atoms with E-state index < -0.39 is 12.1 Å². The predicted molar refractivity (Wildman–Crippen MR) is 72.2 cm³/mol. The number of benzene rings is 1. The van der Waals surface area contributed by atoms with Crippen LogP contribution in [0.25, 0.3) is 0 Å². The molecule has 0 spiro atoms. The van der Waals surface area contributed by atoms with Crippen molar-refractivity contribution in [3.8, 4) is 0 Å². The second-order valence-corrected chi connectivity index (χ2v) is 4.58. The minimum absolute atomic E-state index is 0.219. The van der Waals surface area contributed by atoms with Crippen molar-refractivity contribution in [1.29, 1.82) is 0 Å². The van der Waals surface area contributed by atoms with Crippen molar-refractivity contribution in [2.45, 2.75) is 39.9 Å². The Hall–Kier alpha value is -2.04. The maximum absolute atomic E-state index is 11.9. The van der Waals surface area contributed by atoms with E-state index in [1.807, 2.05) is 0 Å². The molecule has 19 heavy (non-hydrogen) atoms. The lowest BCUT2D eigenvalue weighted by atomic mass is 10.2. The van der Waals surface area contributed by atoms with Gasteiger partial charge in [-0.25, -0.2) is 9.59 Å². The van der Waals surface area contributed by atoms with Gasteiger partial charge in [0.25, 0.3) is 0 Å². The van der Waals surface area contributed by atoms with E-state index >= 15 is 0 Å². The molecule has 1 amide bonds. The minimum Gasteiger partial charge on any atom is -0.459 e. The molecule has 1 rings (SSSR count). The molecule has 0 unspecified atom stereocenters. The summed E-state index contributed by atoms with van der Waals surface area (Å²) >= 11 is 0. The Bertz CT molecular complexity index is 455. The molecular weight excluding hydrogens is 246 g/mol. The third-order valence-electron chi connectivity index (χ3n) is 2.07. The van der Waals surface area contributed by atoms with Crippen LogP contribution >= 0.6 is 0 Å². The molecule has 0 aromatic heterocycles. The average Bonchev–Trinajstić information content (AvgIpc) is 2.27. The van der Waals surface area contributed by atoms with Gasteiger partial charge in [0, 0.05) is 0 Å². The summed E-state index contributed by atoms with van der Waals surface area (Å²) in [5, 5.41) is 2.53. The monoisotopic (exact) mass is 265 g/mol. The fourth-order valence-corrected chi connectivity index (χ4v) is 1.40. The number of anilines is 1. The number of rotatable bonds is 4. The Morgan fingerprint density at radius 3 is 2.16 bits per heavy atom. The lowest BCUT2D eigenvalue weighted by Crippen LogP contribution is -2.20. The average molecular weight is 265 g/mol. The third-order valence-corrected chi connectivity index (χ3v) is 2.07. The van der Waals surface area contributed by atoms with Gasteiger partial charge in [-0.2, -0.15) is 0 Å². The lowest BCUT2D eigenvalue weighted by molar-refractivity contribution is 0.0379. The topological polar surface area (TPSA) is 64.6 Å². The zero-order chi connectivity index (χ0) is 14.4. The van der Waals surface area contributed by atoms with Crippen LogP contribution < -0.4 is 5.32 Å². The Morgan fingerprint density at radius 1 is 1.00 bits per heavy atom. The molecule has 0 atom stereocenters. The quantitative estimate of drug-likeness (QED) is 0.849. The van der Waals surface area contributed by atoms with E-state index in [0.29, 0.717) is 11.3 Å². The number of carbonyl (C=O) groups excluding carboxylic acids is 2. The SMILES string of the molecule is CC(C)OC(=O)Nc1ccccc1C(=O)OC(C)C. The van der Waals surface area contributed by atoms with Crippen molar-refractivity contribution >= 4 is 17.7 Å². The molecule has 1 aromatic carbocycles. The van der Waals surface area contributed by atoms with E-state index in [1.54, 1.807) is 52.0 Å². The van der Waals surface area contributed by atoms with Crippen LogP contribution in [-0.4, -0.2) is 24.3 Å². The summed E-state index contributed by atoms with van der Waals surface area (Å²) < 4.78 is 10.1. The van der Waals surface area contributed by atoms with E-state index in [1.165, 1.54) is 0 Å². The van der Waals surface area contributed by atoms with Gasteiger partial charge in [0.1, 0.15) is 0 Å². The highest BCUT2D eigenvalue weighted by atomic mass is 16.6. The largest absolute Gasteiger partial charge is 0.459 e. The van der Waals surface area contributed by atoms with Crippen LogP contribution in [0, 0.1) is 0 Å². The van der Waals surface area contributed by atoms with Crippen molar-refractivity contribution in [3.63, 3.8) is 0 Å². The highest BCUT2D eigenvalue weighted by molar-refractivity contribution is 5.99. The Morgan fingerprint density at radius 2 is 1.58 bits per heavy atom. The number of nitrogens with one attached hydrogen (secondary N) is 1. The summed E-state index contributed by atoms with van der Waals surface area (Å²) in [5.74, 6) is -0.476. The number of amides is 1. The Labute approximate surface area is 112 Å². The van der Waals surface area contributed by atoms with E-state index in [-0.39, 0.29) is 12.2 Å². The first kappa shape index (κ1) is 15.0. The van der Waals surface area contributed by atoms with E-state index in [2.05, 4.69) is 5.32 Å². The molecule has 5 heteroatoms. The van der Waals surface area contributed by atoms with Gasteiger partial charge in [-0.3, -0.25) is 5.32 Å². The number of hydrogen-bond acceptors (Lipinski definition) is 4. The van der Waals surface area contributed by atoms with E-state index in [4.69, 9.17) is 9.47 Å². The molecule has 0 saturated carbocycles. The van der Waals surface area contributed by atoms with Crippen LogP contribution in [0.5, 0.6) is 0 Å². The van der Waals surface area contributed by atoms with Gasteiger partial charge in [-0.05, 0) is 39.8 Å². The molecule has 0 radical (unpaired) electrons. The van der Waals surface area contributed by atoms with Crippen molar-refractivity contribution in [2.24, 2.45) is 0 Å². The molecule has 1 N–H and O–H groups in total. The third kappa shape index (κ3) is 4.99. The maximum atomic E-state index is 11.9. The number of ether oxygens (including phenoxy) is 2. The zero-order valence-electron chi connectivity index (χ0n) is 11.6. The van der Waals surface area contributed by atoms with Gasteiger partial charge in [0.2, 0.25) is 0 Å². The number of para-hydroxylation sites is 1. The first-order chi connectivity index (χ1) is 8.90. The molecule has 0 aliphatic rings. The molecule has 1 aromatic rings. The standard InChI is InChI=1S/C14H19NO4/c1-9(2)18-13(16)11-7-5-6-8-12(11)15-14(17)19-10(3)4/h5-10H,1-4H3,(H,15,17). The molecule has 104 valence electrons. The molecule has 0 fully saturated rings. The van der Waals surface area contributed by atoms with Crippen molar-refractivity contribution in [3.05, 3.63) is 29.8 Å². The Balaban J connectivity index is 2.84. The Kier molecular flexibility index (Phi) is 5.36. The van der Waals surface area contributed by atoms with Gasteiger partial charge < -0.3 is 9.47 Å². The molecular formula is C14H19NO4. The van der Waals surface area contributed by atoms with Gasteiger partial charge in [-0.15, -0.1) is 0 Å². The lowest BCUT2D eigenvalue weighted by Gasteiger charge is -2.13. The van der Waals surface area contributed by atoms with Gasteiger partial charge in [0.15, 0.2) is 0 Å². The van der Waals surface area contributed by atoms with Crippen LogP contribution in [0.3, 0.4) is 0 Å². The van der Waals surface area contributed by atoms with Crippen LogP contribution in [0.2, 0.25) is 0 Å². The normalized spacial score (nSPS) is 10.4. The summed E-state index contributed by atoms with van der Waals surface area (Å²) in [6.07, 6.45) is -1.04. The summed E-state index contributed by atoms with van der Waals surface area (Å²) in [6, 6.07) is 6.64. The number of hydrogen-bond donors (Lipinski definition) is 1. The maximum Gasteiger partial charge on any atom is 0.411 e. The highest BCUT2D eigenvalue weighted by Gasteiger charge is 2.16. The van der Waals surface area contributed by atoms with Crippen molar-refractivity contribution < 1.29 is 19.1 Å². The predicted octanol–water partition coefficient (Wildman–Crippen LogP) is 3.21.